The van der Waals surface area contributed by atoms with Gasteiger partial charge in [-0.15, -0.1) is 10.2 Å². The van der Waals surface area contributed by atoms with Crippen LogP contribution in [-0.4, -0.2) is 21.4 Å². The first-order valence-electron chi connectivity index (χ1n) is 8.21. The van der Waals surface area contributed by atoms with Gasteiger partial charge in [-0.05, 0) is 43.2 Å². The first-order valence-corrected chi connectivity index (χ1v) is 9.09. The molecule has 0 aliphatic rings. The molecule has 134 valence electrons. The molecule has 3 rings (SSSR count). The van der Waals surface area contributed by atoms with E-state index in [9.17, 15) is 9.18 Å². The lowest BCUT2D eigenvalue weighted by Crippen LogP contribution is -2.22. The lowest BCUT2D eigenvalue weighted by molar-refractivity contribution is -0.115. The number of halogens is 1. The van der Waals surface area contributed by atoms with Gasteiger partial charge in [0.15, 0.2) is 0 Å². The Labute approximate surface area is 155 Å². The number of carbonyl (C=O) groups is 1. The molecule has 0 bridgehead atoms. The van der Waals surface area contributed by atoms with E-state index in [4.69, 9.17) is 4.42 Å². The molecule has 2 aromatic carbocycles. The highest BCUT2D eigenvalue weighted by molar-refractivity contribution is 8.00. The van der Waals surface area contributed by atoms with Crippen LogP contribution in [0.3, 0.4) is 0 Å². The number of aryl methyl sites for hydroxylation is 1. The Morgan fingerprint density at radius 2 is 1.92 bits per heavy atom. The van der Waals surface area contributed by atoms with E-state index in [2.05, 4.69) is 22.4 Å². The van der Waals surface area contributed by atoms with E-state index < -0.39 is 11.1 Å². The molecule has 26 heavy (non-hydrogen) atoms. The normalized spacial score (nSPS) is 12.0. The minimum absolute atomic E-state index is 0.0911. The number of amides is 1. The van der Waals surface area contributed by atoms with Crippen LogP contribution in [-0.2, 0) is 11.2 Å². The predicted molar refractivity (Wildman–Crippen MR) is 99.5 cm³/mol. The summed E-state index contributed by atoms with van der Waals surface area (Å²) < 4.78 is 19.2. The molecular weight excluding hydrogens is 353 g/mol. The first-order chi connectivity index (χ1) is 12.6. The summed E-state index contributed by atoms with van der Waals surface area (Å²) in [6, 6.07) is 13.9. The summed E-state index contributed by atoms with van der Waals surface area (Å²) in [5, 5.41) is 10.4. The Kier molecular flexibility index (Phi) is 5.68. The molecule has 1 heterocycles. The van der Waals surface area contributed by atoms with Crippen LogP contribution >= 0.6 is 11.8 Å². The summed E-state index contributed by atoms with van der Waals surface area (Å²) in [5.41, 5.74) is 2.18. The van der Waals surface area contributed by atoms with Crippen LogP contribution in [0.1, 0.15) is 19.4 Å². The van der Waals surface area contributed by atoms with Crippen molar-refractivity contribution in [2.45, 2.75) is 30.7 Å². The van der Waals surface area contributed by atoms with Crippen molar-refractivity contribution < 1.29 is 13.6 Å². The smallest absolute Gasteiger partial charge is 0.277 e. The van der Waals surface area contributed by atoms with Gasteiger partial charge in [-0.1, -0.05) is 43.0 Å². The molecule has 0 saturated carbocycles. The number of thioether (sulfide) groups is 1. The highest BCUT2D eigenvalue weighted by Gasteiger charge is 2.19. The zero-order valence-electron chi connectivity index (χ0n) is 14.4. The van der Waals surface area contributed by atoms with Crippen LogP contribution < -0.4 is 5.32 Å². The number of hydrogen-bond acceptors (Lipinski definition) is 5. The summed E-state index contributed by atoms with van der Waals surface area (Å²) in [6.07, 6.45) is 0.946. The first kappa shape index (κ1) is 18.1. The third-order valence-corrected chi connectivity index (χ3v) is 4.72. The van der Waals surface area contributed by atoms with Gasteiger partial charge in [-0.2, -0.15) is 0 Å². The van der Waals surface area contributed by atoms with E-state index in [-0.39, 0.29) is 22.6 Å². The number of rotatable bonds is 6. The summed E-state index contributed by atoms with van der Waals surface area (Å²) >= 11 is 1.13. The third kappa shape index (κ3) is 4.29. The second kappa shape index (κ2) is 8.14. The Morgan fingerprint density at radius 1 is 1.19 bits per heavy atom. The van der Waals surface area contributed by atoms with Crippen molar-refractivity contribution in [3.8, 4) is 11.5 Å². The number of benzene rings is 2. The molecule has 0 saturated heterocycles. The monoisotopic (exact) mass is 371 g/mol. The van der Waals surface area contributed by atoms with Gasteiger partial charge in [-0.3, -0.25) is 4.79 Å². The molecule has 0 spiro atoms. The summed E-state index contributed by atoms with van der Waals surface area (Å²) in [4.78, 5) is 12.3. The number of carbonyl (C=O) groups excluding carboxylic acids is 1. The minimum Gasteiger partial charge on any atom is -0.411 e. The van der Waals surface area contributed by atoms with Gasteiger partial charge < -0.3 is 9.73 Å². The quantitative estimate of drug-likeness (QED) is 0.644. The molecule has 1 aromatic heterocycles. The van der Waals surface area contributed by atoms with Crippen molar-refractivity contribution in [1.29, 1.82) is 0 Å². The zero-order chi connectivity index (χ0) is 18.5. The van der Waals surface area contributed by atoms with Crippen molar-refractivity contribution in [2.75, 3.05) is 5.32 Å². The van der Waals surface area contributed by atoms with Gasteiger partial charge in [0.2, 0.25) is 5.91 Å². The molecule has 0 aliphatic heterocycles. The Morgan fingerprint density at radius 3 is 2.62 bits per heavy atom. The maximum absolute atomic E-state index is 13.8. The van der Waals surface area contributed by atoms with Crippen LogP contribution in [0.5, 0.6) is 0 Å². The number of nitrogens with one attached hydrogen (secondary N) is 1. The second-order valence-corrected chi connectivity index (χ2v) is 6.94. The molecule has 0 fully saturated rings. The van der Waals surface area contributed by atoms with Gasteiger partial charge in [0.1, 0.15) is 5.82 Å². The van der Waals surface area contributed by atoms with E-state index in [0.29, 0.717) is 0 Å². The van der Waals surface area contributed by atoms with Crippen molar-refractivity contribution >= 4 is 23.4 Å². The van der Waals surface area contributed by atoms with Crippen LogP contribution in [0, 0.1) is 5.82 Å². The van der Waals surface area contributed by atoms with Gasteiger partial charge in [0.25, 0.3) is 11.1 Å². The summed E-state index contributed by atoms with van der Waals surface area (Å²) in [5.74, 6) is -0.521. The predicted octanol–water partition coefficient (Wildman–Crippen LogP) is 4.56. The fourth-order valence-electron chi connectivity index (χ4n) is 2.27. The minimum atomic E-state index is -0.449. The number of hydrogen-bond donors (Lipinski definition) is 1. The van der Waals surface area contributed by atoms with Crippen LogP contribution in [0.15, 0.2) is 58.2 Å². The molecular formula is C19H18FN3O2S. The maximum Gasteiger partial charge on any atom is 0.277 e. The van der Waals surface area contributed by atoms with Crippen molar-refractivity contribution in [2.24, 2.45) is 0 Å². The lowest BCUT2D eigenvalue weighted by Gasteiger charge is -2.10. The lowest BCUT2D eigenvalue weighted by atomic mass is 10.1. The number of nitrogens with zero attached hydrogens (tertiary/aromatic N) is 2. The molecule has 1 N–H and O–H groups in total. The van der Waals surface area contributed by atoms with Crippen molar-refractivity contribution in [3.05, 3.63) is 59.9 Å². The van der Waals surface area contributed by atoms with Gasteiger partial charge in [0.05, 0.1) is 10.8 Å². The van der Waals surface area contributed by atoms with Crippen molar-refractivity contribution in [3.63, 3.8) is 0 Å². The van der Waals surface area contributed by atoms with Gasteiger partial charge >= 0.3 is 0 Å². The largest absolute Gasteiger partial charge is 0.411 e. The van der Waals surface area contributed by atoms with E-state index in [0.717, 1.165) is 23.9 Å². The van der Waals surface area contributed by atoms with Gasteiger partial charge in [-0.25, -0.2) is 4.39 Å². The van der Waals surface area contributed by atoms with E-state index in [1.54, 1.807) is 25.1 Å². The summed E-state index contributed by atoms with van der Waals surface area (Å²) in [7, 11) is 0. The number of aromatic nitrogens is 2. The molecule has 1 unspecified atom stereocenters. The van der Waals surface area contributed by atoms with E-state index in [1.807, 2.05) is 24.3 Å². The Hall–Kier alpha value is -2.67. The Balaban J connectivity index is 1.63. The maximum atomic E-state index is 13.8. The third-order valence-electron chi connectivity index (χ3n) is 3.79. The molecule has 7 heteroatoms. The standard InChI is InChI=1S/C19H18FN3O2S/c1-3-13-8-10-14(11-9-13)21-17(24)12(2)26-19-23-22-18(25-19)15-6-4-5-7-16(15)20/h4-12H,3H2,1-2H3,(H,21,24). The molecule has 1 amide bonds. The Bertz CT molecular complexity index is 896. The summed E-state index contributed by atoms with van der Waals surface area (Å²) in [6.45, 7) is 3.82. The average Bonchev–Trinajstić information content (AvgIpc) is 3.11. The van der Waals surface area contributed by atoms with Crippen LogP contribution in [0.4, 0.5) is 10.1 Å². The van der Waals surface area contributed by atoms with E-state index in [1.165, 1.54) is 11.6 Å². The molecule has 3 aromatic rings. The molecule has 0 aliphatic carbocycles. The highest BCUT2D eigenvalue weighted by atomic mass is 32.2. The number of anilines is 1. The van der Waals surface area contributed by atoms with Crippen LogP contribution in [0.25, 0.3) is 11.5 Å². The van der Waals surface area contributed by atoms with Crippen LogP contribution in [0.2, 0.25) is 0 Å². The zero-order valence-corrected chi connectivity index (χ0v) is 15.2. The average molecular weight is 371 g/mol. The molecule has 5 nitrogen and oxygen atoms in total. The fraction of sp³-hybridized carbons (Fsp3) is 0.211. The second-order valence-electron chi connectivity index (χ2n) is 5.65. The highest BCUT2D eigenvalue weighted by Crippen LogP contribution is 2.28. The van der Waals surface area contributed by atoms with Crippen molar-refractivity contribution in [1.82, 2.24) is 10.2 Å². The SMILES string of the molecule is CCc1ccc(NC(=O)C(C)Sc2nnc(-c3ccccc3F)o2)cc1. The van der Waals surface area contributed by atoms with Gasteiger partial charge in [0, 0.05) is 5.69 Å². The fourth-order valence-corrected chi connectivity index (χ4v) is 2.96. The molecule has 1 atom stereocenters. The topological polar surface area (TPSA) is 68.0 Å². The molecule has 0 radical (unpaired) electrons. The van der Waals surface area contributed by atoms with E-state index >= 15 is 0 Å².